The van der Waals surface area contributed by atoms with Gasteiger partial charge in [0.25, 0.3) is 0 Å². The van der Waals surface area contributed by atoms with Crippen molar-refractivity contribution >= 4 is 0 Å². The van der Waals surface area contributed by atoms with Crippen molar-refractivity contribution in [2.24, 2.45) is 5.92 Å². The zero-order valence-corrected chi connectivity index (χ0v) is 9.03. The second kappa shape index (κ2) is 4.40. The number of aliphatic hydroxyl groups is 1. The lowest BCUT2D eigenvalue weighted by atomic mass is 9.82. The maximum atomic E-state index is 9.81. The van der Waals surface area contributed by atoms with Crippen LogP contribution in [0.4, 0.5) is 0 Å². The van der Waals surface area contributed by atoms with Gasteiger partial charge in [-0.2, -0.15) is 0 Å². The minimum atomic E-state index is -0.304. The van der Waals surface area contributed by atoms with Crippen LogP contribution in [0.1, 0.15) is 19.8 Å². The minimum absolute atomic E-state index is 0.0220. The number of hydrogen-bond donors (Lipinski definition) is 1. The van der Waals surface area contributed by atoms with Gasteiger partial charge in [0.1, 0.15) is 0 Å². The van der Waals surface area contributed by atoms with Gasteiger partial charge in [-0.25, -0.2) is 0 Å². The van der Waals surface area contributed by atoms with Crippen LogP contribution in [0.3, 0.4) is 0 Å². The van der Waals surface area contributed by atoms with E-state index in [9.17, 15) is 5.11 Å². The van der Waals surface area contributed by atoms with Crippen molar-refractivity contribution in [3.63, 3.8) is 0 Å². The van der Waals surface area contributed by atoms with Crippen LogP contribution in [0.5, 0.6) is 0 Å². The molecule has 13 heavy (non-hydrogen) atoms. The molecule has 1 aliphatic rings. The molecule has 0 aromatic carbocycles. The van der Waals surface area contributed by atoms with Gasteiger partial charge in [0, 0.05) is 13.2 Å². The van der Waals surface area contributed by atoms with Gasteiger partial charge in [-0.3, -0.25) is 0 Å². The molecule has 0 saturated heterocycles. The third-order valence-electron chi connectivity index (χ3n) is 2.98. The van der Waals surface area contributed by atoms with Crippen LogP contribution in [0, 0.1) is 5.92 Å². The Labute approximate surface area is 80.7 Å². The molecular weight excluding hydrogens is 166 g/mol. The average molecular weight is 187 g/mol. The first-order valence-corrected chi connectivity index (χ1v) is 4.93. The zero-order valence-electron chi connectivity index (χ0n) is 9.03. The highest BCUT2D eigenvalue weighted by molar-refractivity contribution is 4.90. The molecule has 1 aliphatic carbocycles. The Morgan fingerprint density at radius 1 is 1.31 bits per heavy atom. The van der Waals surface area contributed by atoms with Crippen molar-refractivity contribution in [3.05, 3.63) is 0 Å². The summed E-state index contributed by atoms with van der Waals surface area (Å²) in [5, 5.41) is 9.81. The van der Waals surface area contributed by atoms with Crippen LogP contribution >= 0.6 is 0 Å². The fourth-order valence-corrected chi connectivity index (χ4v) is 2.26. The monoisotopic (exact) mass is 187 g/mol. The molecule has 0 spiro atoms. The molecule has 0 amide bonds. The van der Waals surface area contributed by atoms with Gasteiger partial charge < -0.3 is 14.7 Å². The lowest BCUT2D eigenvalue weighted by Gasteiger charge is -2.40. The van der Waals surface area contributed by atoms with Gasteiger partial charge in [0.15, 0.2) is 0 Å². The summed E-state index contributed by atoms with van der Waals surface area (Å²) in [5.74, 6) is 0.591. The minimum Gasteiger partial charge on any atom is -0.390 e. The van der Waals surface area contributed by atoms with Gasteiger partial charge in [0.2, 0.25) is 0 Å². The molecule has 0 bridgehead atoms. The van der Waals surface area contributed by atoms with Crippen molar-refractivity contribution < 1.29 is 9.84 Å². The molecule has 1 saturated carbocycles. The zero-order chi connectivity index (χ0) is 10.0. The summed E-state index contributed by atoms with van der Waals surface area (Å²) < 4.78 is 5.33. The van der Waals surface area contributed by atoms with E-state index in [1.807, 2.05) is 14.1 Å². The van der Waals surface area contributed by atoms with Crippen molar-refractivity contribution in [1.82, 2.24) is 4.90 Å². The van der Waals surface area contributed by atoms with E-state index in [1.54, 1.807) is 7.11 Å². The Bertz CT molecular complexity index is 161. The predicted molar refractivity (Wildman–Crippen MR) is 52.7 cm³/mol. The van der Waals surface area contributed by atoms with Crippen LogP contribution in [-0.4, -0.2) is 49.5 Å². The van der Waals surface area contributed by atoms with E-state index >= 15 is 0 Å². The average Bonchev–Trinajstić information content (AvgIpc) is 2.02. The summed E-state index contributed by atoms with van der Waals surface area (Å²) in [6.07, 6.45) is 1.65. The summed E-state index contributed by atoms with van der Waals surface area (Å²) >= 11 is 0. The normalized spacial score (nSPS) is 41.1. The summed E-state index contributed by atoms with van der Waals surface area (Å²) in [6, 6.07) is 0.351. The molecule has 78 valence electrons. The number of rotatable bonds is 2. The van der Waals surface area contributed by atoms with E-state index in [-0.39, 0.29) is 12.2 Å². The molecular formula is C10H21NO2. The van der Waals surface area contributed by atoms with Crippen molar-refractivity contribution in [2.75, 3.05) is 21.2 Å². The fraction of sp³-hybridized carbons (Fsp3) is 1.00. The number of ether oxygens (including phenoxy) is 1. The van der Waals surface area contributed by atoms with Gasteiger partial charge in [0.05, 0.1) is 12.2 Å². The lowest BCUT2D eigenvalue weighted by Crippen LogP contribution is -2.51. The molecule has 1 fully saturated rings. The Balaban J connectivity index is 2.66. The van der Waals surface area contributed by atoms with Crippen LogP contribution in [0.15, 0.2) is 0 Å². The molecule has 0 aliphatic heterocycles. The molecule has 0 aromatic rings. The van der Waals surface area contributed by atoms with E-state index in [2.05, 4.69) is 11.8 Å². The number of likely N-dealkylation sites (N-methyl/N-ethyl adjacent to an activating group) is 1. The quantitative estimate of drug-likeness (QED) is 0.691. The largest absolute Gasteiger partial charge is 0.390 e. The van der Waals surface area contributed by atoms with E-state index in [1.165, 1.54) is 0 Å². The Kier molecular flexibility index (Phi) is 3.71. The highest BCUT2D eigenvalue weighted by Gasteiger charge is 2.36. The Morgan fingerprint density at radius 3 is 2.38 bits per heavy atom. The van der Waals surface area contributed by atoms with Gasteiger partial charge in [-0.1, -0.05) is 6.92 Å². The third-order valence-corrected chi connectivity index (χ3v) is 2.98. The summed E-state index contributed by atoms with van der Waals surface area (Å²) in [7, 11) is 5.77. The molecule has 0 aromatic heterocycles. The van der Waals surface area contributed by atoms with Gasteiger partial charge in [-0.15, -0.1) is 0 Å². The van der Waals surface area contributed by atoms with Crippen molar-refractivity contribution in [3.8, 4) is 0 Å². The van der Waals surface area contributed by atoms with E-state index in [0.717, 1.165) is 12.8 Å². The molecule has 0 heterocycles. The number of hydrogen-bond acceptors (Lipinski definition) is 3. The fourth-order valence-electron chi connectivity index (χ4n) is 2.26. The van der Waals surface area contributed by atoms with Gasteiger partial charge >= 0.3 is 0 Å². The molecule has 4 unspecified atom stereocenters. The Morgan fingerprint density at radius 2 is 1.92 bits per heavy atom. The number of nitrogens with zero attached hydrogens (tertiary/aromatic N) is 1. The second-order valence-electron chi connectivity index (χ2n) is 4.38. The maximum Gasteiger partial charge on any atom is 0.0984 e. The standard InChI is InChI=1S/C10H21NO2/c1-7-5-8(11(2)3)10(13-4)9(12)6-7/h7-10,12H,5-6H2,1-4H3. The molecule has 3 heteroatoms. The number of aliphatic hydroxyl groups excluding tert-OH is 1. The van der Waals surface area contributed by atoms with Crippen LogP contribution < -0.4 is 0 Å². The highest BCUT2D eigenvalue weighted by atomic mass is 16.5. The smallest absolute Gasteiger partial charge is 0.0984 e. The van der Waals surface area contributed by atoms with Crippen molar-refractivity contribution in [1.29, 1.82) is 0 Å². The van der Waals surface area contributed by atoms with E-state index < -0.39 is 0 Å². The van der Waals surface area contributed by atoms with Crippen molar-refractivity contribution in [2.45, 2.75) is 38.0 Å². The summed E-state index contributed by atoms with van der Waals surface area (Å²) in [5.41, 5.74) is 0. The first-order valence-electron chi connectivity index (χ1n) is 4.93. The highest BCUT2D eigenvalue weighted by Crippen LogP contribution is 2.28. The lowest BCUT2D eigenvalue weighted by molar-refractivity contribution is -0.0880. The van der Waals surface area contributed by atoms with Gasteiger partial charge in [-0.05, 0) is 32.9 Å². The van der Waals surface area contributed by atoms with E-state index in [4.69, 9.17) is 4.74 Å². The summed E-state index contributed by atoms with van der Waals surface area (Å²) in [4.78, 5) is 2.15. The first-order chi connectivity index (χ1) is 6.06. The molecule has 0 radical (unpaired) electrons. The molecule has 1 N–H and O–H groups in total. The molecule has 1 rings (SSSR count). The molecule has 4 atom stereocenters. The number of methoxy groups -OCH3 is 1. The molecule has 3 nitrogen and oxygen atoms in total. The van der Waals surface area contributed by atoms with Crippen LogP contribution in [-0.2, 0) is 4.74 Å². The second-order valence-corrected chi connectivity index (χ2v) is 4.38. The third kappa shape index (κ3) is 2.42. The first kappa shape index (κ1) is 11.0. The van der Waals surface area contributed by atoms with E-state index in [0.29, 0.717) is 12.0 Å². The maximum absolute atomic E-state index is 9.81. The van der Waals surface area contributed by atoms with Crippen LogP contribution in [0.25, 0.3) is 0 Å². The predicted octanol–water partition coefficient (Wildman–Crippen LogP) is 0.722. The summed E-state index contributed by atoms with van der Waals surface area (Å²) in [6.45, 7) is 2.19. The van der Waals surface area contributed by atoms with Crippen LogP contribution in [0.2, 0.25) is 0 Å². The SMILES string of the molecule is COC1C(O)CC(C)CC1N(C)C. The topological polar surface area (TPSA) is 32.7 Å². The Hall–Kier alpha value is -0.120.